The van der Waals surface area contributed by atoms with E-state index in [9.17, 15) is 0 Å². The number of thiazole rings is 1. The molecular weight excluding hydrogens is 437 g/mol. The number of fused-ring (bicyclic) bond motifs is 1. The minimum Gasteiger partial charge on any atom is -0.350 e. The SMILES string of the molecule is CCc1cnc(CNC(=NC)NCc2nnc3ccccn23)s1.I. The first-order chi connectivity index (χ1) is 11.3. The molecule has 0 spiro atoms. The summed E-state index contributed by atoms with van der Waals surface area (Å²) in [5.41, 5.74) is 0.835. The summed E-state index contributed by atoms with van der Waals surface area (Å²) in [4.78, 5) is 9.91. The Bertz CT molecular complexity index is 811. The van der Waals surface area contributed by atoms with Gasteiger partial charge in [0.2, 0.25) is 0 Å². The molecule has 0 radical (unpaired) electrons. The summed E-state index contributed by atoms with van der Waals surface area (Å²) >= 11 is 1.72. The van der Waals surface area contributed by atoms with Crippen LogP contribution in [0.2, 0.25) is 0 Å². The number of aryl methyl sites for hydroxylation is 1. The molecule has 0 aromatic carbocycles. The number of hydrogen-bond donors (Lipinski definition) is 2. The molecule has 0 fully saturated rings. The summed E-state index contributed by atoms with van der Waals surface area (Å²) in [6, 6.07) is 5.83. The Morgan fingerprint density at radius 1 is 1.25 bits per heavy atom. The van der Waals surface area contributed by atoms with Crippen LogP contribution >= 0.6 is 35.3 Å². The number of aromatic nitrogens is 4. The van der Waals surface area contributed by atoms with Gasteiger partial charge < -0.3 is 10.6 Å². The number of pyridine rings is 1. The van der Waals surface area contributed by atoms with E-state index in [1.165, 1.54) is 4.88 Å². The van der Waals surface area contributed by atoms with Gasteiger partial charge in [-0.25, -0.2) is 4.98 Å². The monoisotopic (exact) mass is 457 g/mol. The van der Waals surface area contributed by atoms with Crippen molar-refractivity contribution < 1.29 is 0 Å². The predicted molar refractivity (Wildman–Crippen MR) is 107 cm³/mol. The minimum atomic E-state index is 0. The zero-order chi connectivity index (χ0) is 16.1. The lowest BCUT2D eigenvalue weighted by Crippen LogP contribution is -2.36. The van der Waals surface area contributed by atoms with Gasteiger partial charge in [-0.3, -0.25) is 9.39 Å². The molecule has 3 rings (SSSR count). The Balaban J connectivity index is 0.00000208. The van der Waals surface area contributed by atoms with Gasteiger partial charge in [0.15, 0.2) is 17.4 Å². The number of nitrogens with one attached hydrogen (secondary N) is 2. The highest BCUT2D eigenvalue weighted by Crippen LogP contribution is 2.12. The zero-order valence-corrected chi connectivity index (χ0v) is 16.7. The molecule has 0 atom stereocenters. The van der Waals surface area contributed by atoms with Gasteiger partial charge in [0.25, 0.3) is 0 Å². The summed E-state index contributed by atoms with van der Waals surface area (Å²) in [7, 11) is 1.75. The van der Waals surface area contributed by atoms with E-state index in [1.807, 2.05) is 35.0 Å². The van der Waals surface area contributed by atoms with Gasteiger partial charge in [0.1, 0.15) is 5.01 Å². The van der Waals surface area contributed by atoms with Crippen molar-refractivity contribution in [2.75, 3.05) is 7.05 Å². The number of guanidine groups is 1. The average molecular weight is 457 g/mol. The third-order valence-electron chi connectivity index (χ3n) is 3.38. The van der Waals surface area contributed by atoms with Crippen LogP contribution in [0.4, 0.5) is 0 Å². The molecule has 24 heavy (non-hydrogen) atoms. The van der Waals surface area contributed by atoms with Gasteiger partial charge in [0, 0.05) is 24.3 Å². The summed E-state index contributed by atoms with van der Waals surface area (Å²) in [6.07, 6.45) is 4.90. The van der Waals surface area contributed by atoms with E-state index in [2.05, 4.69) is 37.7 Å². The largest absolute Gasteiger partial charge is 0.350 e. The quantitative estimate of drug-likeness (QED) is 0.349. The van der Waals surface area contributed by atoms with E-state index in [0.29, 0.717) is 19.0 Å². The first-order valence-electron chi connectivity index (χ1n) is 7.47. The molecule has 3 heterocycles. The molecule has 0 saturated carbocycles. The first kappa shape index (κ1) is 18.6. The van der Waals surface area contributed by atoms with Crippen molar-refractivity contribution in [1.82, 2.24) is 30.2 Å². The van der Waals surface area contributed by atoms with Gasteiger partial charge in [-0.1, -0.05) is 13.0 Å². The van der Waals surface area contributed by atoms with E-state index in [4.69, 9.17) is 0 Å². The highest BCUT2D eigenvalue weighted by atomic mass is 127. The molecule has 3 aromatic heterocycles. The van der Waals surface area contributed by atoms with E-state index in [1.54, 1.807) is 18.4 Å². The van der Waals surface area contributed by atoms with Gasteiger partial charge >= 0.3 is 0 Å². The Morgan fingerprint density at radius 3 is 2.83 bits per heavy atom. The Hall–Kier alpha value is -1.75. The standard InChI is InChI=1S/C15H19N7S.HI/c1-3-11-8-17-14(23-11)10-19-15(16-2)18-9-13-21-20-12-6-4-5-7-22(12)13;/h4-8H,3,9-10H2,1-2H3,(H2,16,18,19);1H. The van der Waals surface area contributed by atoms with Crippen LogP contribution in [-0.4, -0.2) is 32.6 Å². The molecule has 0 amide bonds. The number of hydrogen-bond acceptors (Lipinski definition) is 5. The molecule has 0 bridgehead atoms. The summed E-state index contributed by atoms with van der Waals surface area (Å²) in [5.74, 6) is 1.55. The molecular formula is C15H20IN7S. The average Bonchev–Trinajstić information content (AvgIpc) is 3.22. The summed E-state index contributed by atoms with van der Waals surface area (Å²) in [5, 5.41) is 15.9. The Kier molecular flexibility index (Phi) is 6.91. The number of aliphatic imine (C=N–C) groups is 1. The second kappa shape index (κ2) is 8.92. The molecule has 0 aliphatic heterocycles. The van der Waals surface area contributed by atoms with Crippen molar-refractivity contribution in [3.63, 3.8) is 0 Å². The van der Waals surface area contributed by atoms with Crippen molar-refractivity contribution in [3.05, 3.63) is 46.3 Å². The number of rotatable bonds is 5. The number of nitrogens with zero attached hydrogens (tertiary/aromatic N) is 5. The zero-order valence-electron chi connectivity index (χ0n) is 13.6. The maximum atomic E-state index is 4.39. The summed E-state index contributed by atoms with van der Waals surface area (Å²) in [6.45, 7) is 3.34. The maximum Gasteiger partial charge on any atom is 0.191 e. The normalized spacial score (nSPS) is 11.3. The minimum absolute atomic E-state index is 0. The molecule has 0 aliphatic carbocycles. The highest BCUT2D eigenvalue weighted by molar-refractivity contribution is 14.0. The fourth-order valence-electron chi connectivity index (χ4n) is 2.15. The van der Waals surface area contributed by atoms with Crippen LogP contribution in [-0.2, 0) is 19.5 Å². The van der Waals surface area contributed by atoms with Gasteiger partial charge in [0.05, 0.1) is 13.1 Å². The Morgan fingerprint density at radius 2 is 2.08 bits per heavy atom. The van der Waals surface area contributed by atoms with Gasteiger partial charge in [-0.2, -0.15) is 0 Å². The fourth-order valence-corrected chi connectivity index (χ4v) is 2.95. The van der Waals surface area contributed by atoms with E-state index >= 15 is 0 Å². The van der Waals surface area contributed by atoms with Crippen LogP contribution in [0.3, 0.4) is 0 Å². The smallest absolute Gasteiger partial charge is 0.191 e. The lowest BCUT2D eigenvalue weighted by Gasteiger charge is -2.10. The molecule has 0 aliphatic rings. The lowest BCUT2D eigenvalue weighted by atomic mass is 10.4. The Labute approximate surface area is 161 Å². The van der Waals surface area contributed by atoms with Gasteiger partial charge in [-0.15, -0.1) is 45.5 Å². The molecule has 128 valence electrons. The van der Waals surface area contributed by atoms with Gasteiger partial charge in [-0.05, 0) is 18.6 Å². The topological polar surface area (TPSA) is 79.5 Å². The van der Waals surface area contributed by atoms with Crippen LogP contribution in [0.1, 0.15) is 22.6 Å². The van der Waals surface area contributed by atoms with Crippen LogP contribution in [0.5, 0.6) is 0 Å². The number of halogens is 1. The van der Waals surface area contributed by atoms with Crippen molar-refractivity contribution >= 4 is 46.9 Å². The van der Waals surface area contributed by atoms with Crippen LogP contribution in [0.25, 0.3) is 5.65 Å². The van der Waals surface area contributed by atoms with Crippen molar-refractivity contribution in [3.8, 4) is 0 Å². The maximum absolute atomic E-state index is 4.39. The van der Waals surface area contributed by atoms with E-state index < -0.39 is 0 Å². The molecule has 2 N–H and O–H groups in total. The third kappa shape index (κ3) is 4.41. The molecule has 0 unspecified atom stereocenters. The predicted octanol–water partition coefficient (Wildman–Crippen LogP) is 2.23. The van der Waals surface area contributed by atoms with Crippen molar-refractivity contribution in [1.29, 1.82) is 0 Å². The second-order valence-electron chi connectivity index (χ2n) is 4.90. The highest BCUT2D eigenvalue weighted by Gasteiger charge is 2.06. The molecule has 3 aromatic rings. The van der Waals surface area contributed by atoms with E-state index in [-0.39, 0.29) is 24.0 Å². The van der Waals surface area contributed by atoms with Crippen LogP contribution in [0, 0.1) is 0 Å². The fraction of sp³-hybridized carbons (Fsp3) is 0.333. The molecule has 0 saturated heterocycles. The summed E-state index contributed by atoms with van der Waals surface area (Å²) < 4.78 is 1.95. The van der Waals surface area contributed by atoms with Crippen LogP contribution in [0.15, 0.2) is 35.6 Å². The third-order valence-corrected chi connectivity index (χ3v) is 4.52. The molecule has 7 nitrogen and oxygen atoms in total. The lowest BCUT2D eigenvalue weighted by molar-refractivity contribution is 0.761. The second-order valence-corrected chi connectivity index (χ2v) is 6.10. The van der Waals surface area contributed by atoms with Crippen molar-refractivity contribution in [2.24, 2.45) is 4.99 Å². The van der Waals surface area contributed by atoms with Crippen molar-refractivity contribution in [2.45, 2.75) is 26.4 Å². The van der Waals surface area contributed by atoms with Crippen LogP contribution < -0.4 is 10.6 Å². The van der Waals surface area contributed by atoms with E-state index in [0.717, 1.165) is 22.9 Å². The molecule has 9 heteroatoms. The first-order valence-corrected chi connectivity index (χ1v) is 8.28.